The van der Waals surface area contributed by atoms with E-state index in [4.69, 9.17) is 38.9 Å². The molecular formula is C46H75NO14. The second-order valence-electron chi connectivity index (χ2n) is 17.5. The quantitative estimate of drug-likeness (QED) is 0.119. The summed E-state index contributed by atoms with van der Waals surface area (Å²) < 4.78 is 41.4. The highest BCUT2D eigenvalue weighted by Gasteiger charge is 2.52. The Bertz CT molecular complexity index is 1570. The average molecular weight is 866 g/mol. The molecule has 0 spiro atoms. The molecule has 0 unspecified atom stereocenters. The zero-order valence-corrected chi connectivity index (χ0v) is 38.2. The van der Waals surface area contributed by atoms with Gasteiger partial charge in [-0.25, -0.2) is 9.59 Å². The molecule has 7 N–H and O–H groups in total. The third-order valence-corrected chi connectivity index (χ3v) is 12.8. The van der Waals surface area contributed by atoms with Crippen LogP contribution in [0, 0.1) is 35.5 Å². The summed E-state index contributed by atoms with van der Waals surface area (Å²) in [5.74, 6) is -6.00. The minimum absolute atomic E-state index is 0.0313. The lowest BCUT2D eigenvalue weighted by atomic mass is 9.77. The Hall–Kier alpha value is -3.12. The molecule has 0 aromatic carbocycles. The maximum Gasteiger partial charge on any atom is 0.404 e. The van der Waals surface area contributed by atoms with Gasteiger partial charge in [-0.2, -0.15) is 0 Å². The first-order valence-electron chi connectivity index (χ1n) is 21.7. The van der Waals surface area contributed by atoms with Gasteiger partial charge in [0.1, 0.15) is 12.2 Å². The third kappa shape index (κ3) is 13.7. The zero-order valence-electron chi connectivity index (χ0n) is 38.2. The van der Waals surface area contributed by atoms with E-state index in [0.717, 1.165) is 5.57 Å². The van der Waals surface area contributed by atoms with Crippen molar-refractivity contribution >= 4 is 12.1 Å². The lowest BCUT2D eigenvalue weighted by molar-refractivity contribution is -0.338. The van der Waals surface area contributed by atoms with E-state index < -0.39 is 97.0 Å². The summed E-state index contributed by atoms with van der Waals surface area (Å²) in [6.07, 6.45) is 2.20. The number of aliphatic hydroxyl groups is 5. The lowest BCUT2D eigenvalue weighted by Gasteiger charge is -2.49. The Kier molecular flexibility index (Phi) is 20.1. The summed E-state index contributed by atoms with van der Waals surface area (Å²) in [5, 5.41) is 58.0. The number of amides is 1. The molecule has 15 nitrogen and oxygen atoms in total. The van der Waals surface area contributed by atoms with Crippen LogP contribution in [0.3, 0.4) is 0 Å². The Labute approximate surface area is 362 Å². The first-order chi connectivity index (χ1) is 28.6. The molecule has 3 aliphatic heterocycles. The van der Waals surface area contributed by atoms with Crippen LogP contribution in [0.25, 0.3) is 0 Å². The number of hydrogen-bond donors (Lipinski definition) is 6. The minimum atomic E-state index is -1.97. The van der Waals surface area contributed by atoms with Crippen molar-refractivity contribution in [3.05, 3.63) is 59.4 Å². The van der Waals surface area contributed by atoms with E-state index in [-0.39, 0.29) is 42.3 Å². The molecule has 2 saturated heterocycles. The second-order valence-corrected chi connectivity index (χ2v) is 17.5. The Morgan fingerprint density at radius 2 is 1.77 bits per heavy atom. The molecule has 18 atom stereocenters. The van der Waals surface area contributed by atoms with Gasteiger partial charge in [0.05, 0.1) is 49.8 Å². The molecule has 3 heterocycles. The molecule has 15 heteroatoms. The fraction of sp³-hybridized carbons (Fsp3) is 0.739. The molecule has 0 aromatic heterocycles. The molecule has 0 aromatic rings. The fourth-order valence-electron chi connectivity index (χ4n) is 8.94. The molecule has 0 saturated carbocycles. The number of esters is 1. The lowest BCUT2D eigenvalue weighted by Crippen LogP contribution is -2.59. The first-order valence-corrected chi connectivity index (χ1v) is 21.7. The van der Waals surface area contributed by atoms with Crippen molar-refractivity contribution in [2.45, 2.75) is 168 Å². The standard InChI is InChI=1S/C46H75NO14/c1-13-16-34-28(7)37(58-38-22-33(48)43(31(10)57-38)60-45(47)53)23-46(54,61-34)30(9)41(51)29(8)42-35(55-11)18-15-17-24(3)19-26(5)39(49)32(14-2)40(50)27(6)20-25(4)21-36(56-12)44(52)59-42/h13,15-18,20-21,26-35,37-43,48-51,54H,14,19,22-23H2,1-12H3,(H2,47,53)/b16-13+,18-15+,24-17-,25-20+,36-21-/t26-,27-,28-,29+,30+,31-,32+,33-,34-,35+,37-,38+,39+,40-,41-,42+,43-,46-/m1/s1. The Morgan fingerprint density at radius 1 is 1.10 bits per heavy atom. The van der Waals surface area contributed by atoms with Gasteiger partial charge >= 0.3 is 12.1 Å². The molecule has 0 radical (unpaired) electrons. The van der Waals surface area contributed by atoms with Gasteiger partial charge in [0, 0.05) is 49.5 Å². The van der Waals surface area contributed by atoms with Crippen LogP contribution in [-0.2, 0) is 38.0 Å². The van der Waals surface area contributed by atoms with Crippen LogP contribution >= 0.6 is 0 Å². The smallest absolute Gasteiger partial charge is 0.404 e. The number of methoxy groups -OCH3 is 2. The topological polar surface area (TPSA) is 226 Å². The maximum atomic E-state index is 13.9. The summed E-state index contributed by atoms with van der Waals surface area (Å²) >= 11 is 0. The predicted molar refractivity (Wildman–Crippen MR) is 228 cm³/mol. The van der Waals surface area contributed by atoms with Gasteiger partial charge in [-0.3, -0.25) is 0 Å². The molecule has 0 aliphatic carbocycles. The fourth-order valence-corrected chi connectivity index (χ4v) is 8.94. The summed E-state index contributed by atoms with van der Waals surface area (Å²) in [5.41, 5.74) is 6.78. The van der Waals surface area contributed by atoms with Gasteiger partial charge in [-0.1, -0.05) is 89.1 Å². The predicted octanol–water partition coefficient (Wildman–Crippen LogP) is 4.98. The molecule has 61 heavy (non-hydrogen) atoms. The van der Waals surface area contributed by atoms with Crippen LogP contribution in [0.5, 0.6) is 0 Å². The number of hydrogen-bond acceptors (Lipinski definition) is 14. The highest BCUT2D eigenvalue weighted by Crippen LogP contribution is 2.42. The van der Waals surface area contributed by atoms with Gasteiger partial charge in [0.25, 0.3) is 0 Å². The summed E-state index contributed by atoms with van der Waals surface area (Å²) in [6.45, 7) is 18.2. The van der Waals surface area contributed by atoms with Crippen molar-refractivity contribution in [2.24, 2.45) is 41.2 Å². The summed E-state index contributed by atoms with van der Waals surface area (Å²) in [4.78, 5) is 25.4. The zero-order chi connectivity index (χ0) is 45.9. The van der Waals surface area contributed by atoms with E-state index in [1.165, 1.54) is 20.3 Å². The number of rotatable bonds is 11. The third-order valence-electron chi connectivity index (χ3n) is 12.8. The number of allylic oxidation sites excluding steroid dienone is 6. The molecule has 3 rings (SSSR count). The number of ether oxygens (including phenoxy) is 7. The number of primary amides is 1. The van der Waals surface area contributed by atoms with Crippen LogP contribution in [0.4, 0.5) is 4.79 Å². The van der Waals surface area contributed by atoms with E-state index >= 15 is 0 Å². The van der Waals surface area contributed by atoms with Gasteiger partial charge in [0.15, 0.2) is 18.2 Å². The van der Waals surface area contributed by atoms with Gasteiger partial charge in [-0.05, 0) is 52.5 Å². The monoisotopic (exact) mass is 866 g/mol. The van der Waals surface area contributed by atoms with Gasteiger partial charge < -0.3 is 64.4 Å². The van der Waals surface area contributed by atoms with Crippen molar-refractivity contribution < 1.29 is 68.3 Å². The average Bonchev–Trinajstić information content (AvgIpc) is 3.19. The Balaban J connectivity index is 2.00. The number of nitrogens with two attached hydrogens (primary N) is 1. The van der Waals surface area contributed by atoms with Gasteiger partial charge in [0.2, 0.25) is 5.76 Å². The molecule has 0 bridgehead atoms. The van der Waals surface area contributed by atoms with Crippen molar-refractivity contribution in [1.29, 1.82) is 0 Å². The second kappa shape index (κ2) is 23.5. The molecule has 348 valence electrons. The Morgan fingerprint density at radius 3 is 2.34 bits per heavy atom. The van der Waals surface area contributed by atoms with E-state index in [1.807, 2.05) is 53.7 Å². The van der Waals surface area contributed by atoms with Crippen LogP contribution < -0.4 is 5.73 Å². The first kappa shape index (κ1) is 52.2. The van der Waals surface area contributed by atoms with Crippen molar-refractivity contribution in [1.82, 2.24) is 0 Å². The molecular weight excluding hydrogens is 790 g/mol. The van der Waals surface area contributed by atoms with Crippen LogP contribution in [0.1, 0.15) is 94.9 Å². The van der Waals surface area contributed by atoms with Crippen molar-refractivity contribution in [2.75, 3.05) is 14.2 Å². The number of carbonyl (C=O) groups is 2. The summed E-state index contributed by atoms with van der Waals surface area (Å²) in [6, 6.07) is 0. The van der Waals surface area contributed by atoms with E-state index in [9.17, 15) is 35.1 Å². The molecule has 1 amide bonds. The minimum Gasteiger partial charge on any atom is -0.490 e. The number of aliphatic hydroxyl groups excluding tert-OH is 4. The number of cyclic esters (lactones) is 1. The van der Waals surface area contributed by atoms with Crippen molar-refractivity contribution in [3.8, 4) is 0 Å². The van der Waals surface area contributed by atoms with Crippen molar-refractivity contribution in [3.63, 3.8) is 0 Å². The SMILES string of the molecule is C/C=C/[C@H]1O[C@@](O)([C@@H](C)[C@H](O)[C@H](C)[C@@H]2OC(=O)/C(OC)=C/C(C)=C/[C@@H](C)[C@@H](O)[C@@H](CC)[C@@H](O)[C@H](C)C/C(C)=C\C=C\[C@@H]2OC)C[C@@H](O[C@H]2C[C@@H](O)[C@H](OC(N)=O)[C@@H](C)O2)[C@@H]1C. The highest BCUT2D eigenvalue weighted by molar-refractivity contribution is 5.87. The van der Waals surface area contributed by atoms with Crippen LogP contribution in [0.2, 0.25) is 0 Å². The molecule has 2 fully saturated rings. The number of carbonyl (C=O) groups excluding carboxylic acids is 2. The van der Waals surface area contributed by atoms with Crippen LogP contribution in [0.15, 0.2) is 59.4 Å². The molecule has 3 aliphatic rings. The maximum absolute atomic E-state index is 13.9. The highest BCUT2D eigenvalue weighted by atomic mass is 16.7. The van der Waals surface area contributed by atoms with E-state index in [1.54, 1.807) is 52.0 Å². The van der Waals surface area contributed by atoms with E-state index in [2.05, 4.69) is 0 Å². The van der Waals surface area contributed by atoms with Gasteiger partial charge in [-0.15, -0.1) is 0 Å². The largest absolute Gasteiger partial charge is 0.490 e. The van der Waals surface area contributed by atoms with E-state index in [0.29, 0.717) is 18.4 Å². The normalized spacial score (nSPS) is 42.2. The van der Waals surface area contributed by atoms with Crippen LogP contribution in [-0.4, -0.2) is 125 Å². The summed E-state index contributed by atoms with van der Waals surface area (Å²) in [7, 11) is 2.81.